The Morgan fingerprint density at radius 2 is 1.81 bits per heavy atom. The molecule has 166 valence electrons. The van der Waals surface area contributed by atoms with Crippen LogP contribution in [0.2, 0.25) is 0 Å². The average Bonchev–Trinajstić information content (AvgIpc) is 2.73. The molecule has 0 spiro atoms. The van der Waals surface area contributed by atoms with E-state index in [-0.39, 0.29) is 41.1 Å². The molecule has 1 aliphatic carbocycles. The van der Waals surface area contributed by atoms with Crippen molar-refractivity contribution in [3.8, 4) is 0 Å². The van der Waals surface area contributed by atoms with Gasteiger partial charge in [0.05, 0.1) is 16.2 Å². The molecule has 6 nitrogen and oxygen atoms in total. The van der Waals surface area contributed by atoms with Crippen molar-refractivity contribution in [1.29, 1.82) is 0 Å². The van der Waals surface area contributed by atoms with Crippen LogP contribution in [0, 0.1) is 17.0 Å². The number of nitro groups is 1. The molecule has 0 N–H and O–H groups in total. The van der Waals surface area contributed by atoms with Crippen molar-refractivity contribution in [3.63, 3.8) is 0 Å². The van der Waals surface area contributed by atoms with Crippen LogP contribution in [0.5, 0.6) is 0 Å². The van der Waals surface area contributed by atoms with Crippen molar-refractivity contribution in [2.75, 3.05) is 4.90 Å². The zero-order valence-electron chi connectivity index (χ0n) is 17.1. The first-order valence-corrected chi connectivity index (χ1v) is 10.1. The number of hydrogen-bond acceptors (Lipinski definition) is 4. The smallest absolute Gasteiger partial charge is 0.294 e. The number of aryl methyl sites for hydroxylation is 1. The molecule has 1 heterocycles. The SMILES string of the molecule is Cc1ccc([N+](=O)[O-])cc1N1C(=O)CC(c2ccccc2C(F)(F)F)C2=C1CCCC2=O. The van der Waals surface area contributed by atoms with Gasteiger partial charge >= 0.3 is 6.18 Å². The Labute approximate surface area is 181 Å². The number of non-ortho nitro benzene ring substituents is 1. The summed E-state index contributed by atoms with van der Waals surface area (Å²) in [6, 6.07) is 9.08. The second-order valence-electron chi connectivity index (χ2n) is 7.94. The standard InChI is InChI=1S/C23H19F3N2O4/c1-13-9-10-14(28(31)32)11-19(13)27-18-7-4-8-20(29)22(18)16(12-21(27)30)15-5-2-3-6-17(15)23(24,25)26/h2-3,5-6,9-11,16H,4,7-8,12H2,1H3. The summed E-state index contributed by atoms with van der Waals surface area (Å²) in [6.07, 6.45) is -4.02. The van der Waals surface area contributed by atoms with Crippen LogP contribution in [0.4, 0.5) is 24.5 Å². The monoisotopic (exact) mass is 444 g/mol. The average molecular weight is 444 g/mol. The van der Waals surface area contributed by atoms with E-state index in [1.54, 1.807) is 6.92 Å². The number of nitro benzene ring substituents is 1. The number of allylic oxidation sites excluding steroid dienone is 2. The Morgan fingerprint density at radius 1 is 1.09 bits per heavy atom. The minimum absolute atomic E-state index is 0.105. The molecule has 4 rings (SSSR count). The third-order valence-corrected chi connectivity index (χ3v) is 5.96. The van der Waals surface area contributed by atoms with Crippen molar-refractivity contribution in [3.05, 3.63) is 80.5 Å². The number of rotatable bonds is 3. The fourth-order valence-electron chi connectivity index (χ4n) is 4.55. The van der Waals surface area contributed by atoms with Gasteiger partial charge in [0.15, 0.2) is 5.78 Å². The van der Waals surface area contributed by atoms with E-state index >= 15 is 0 Å². The quantitative estimate of drug-likeness (QED) is 0.466. The fourth-order valence-corrected chi connectivity index (χ4v) is 4.55. The first kappa shape index (κ1) is 21.7. The molecule has 0 bridgehead atoms. The molecule has 1 amide bonds. The number of carbonyl (C=O) groups excluding carboxylic acids is 2. The summed E-state index contributed by atoms with van der Waals surface area (Å²) in [6.45, 7) is 1.68. The van der Waals surface area contributed by atoms with Gasteiger partial charge < -0.3 is 0 Å². The lowest BCUT2D eigenvalue weighted by molar-refractivity contribution is -0.384. The van der Waals surface area contributed by atoms with E-state index in [0.717, 1.165) is 6.07 Å². The second kappa shape index (κ2) is 7.89. The summed E-state index contributed by atoms with van der Waals surface area (Å²) in [4.78, 5) is 38.2. The van der Waals surface area contributed by atoms with Gasteiger partial charge in [-0.2, -0.15) is 13.2 Å². The van der Waals surface area contributed by atoms with Gasteiger partial charge in [-0.25, -0.2) is 0 Å². The van der Waals surface area contributed by atoms with Crippen LogP contribution in [0.25, 0.3) is 0 Å². The maximum Gasteiger partial charge on any atom is 0.416 e. The summed E-state index contributed by atoms with van der Waals surface area (Å²) in [5, 5.41) is 11.3. The highest BCUT2D eigenvalue weighted by Gasteiger charge is 2.43. The third-order valence-electron chi connectivity index (χ3n) is 5.96. The van der Waals surface area contributed by atoms with Crippen molar-refractivity contribution in [1.82, 2.24) is 0 Å². The molecule has 2 aromatic carbocycles. The number of anilines is 1. The molecule has 0 radical (unpaired) electrons. The Bertz CT molecular complexity index is 1170. The zero-order chi connectivity index (χ0) is 23.2. The summed E-state index contributed by atoms with van der Waals surface area (Å²) in [5.74, 6) is -1.81. The van der Waals surface area contributed by atoms with Gasteiger partial charge in [-0.15, -0.1) is 0 Å². The lowest BCUT2D eigenvalue weighted by atomic mass is 9.75. The molecule has 9 heteroatoms. The van der Waals surface area contributed by atoms with E-state index in [0.29, 0.717) is 24.1 Å². The minimum atomic E-state index is -4.63. The van der Waals surface area contributed by atoms with Gasteiger partial charge in [0.1, 0.15) is 0 Å². The number of benzene rings is 2. The van der Waals surface area contributed by atoms with E-state index in [9.17, 15) is 32.9 Å². The molecular formula is C23H19F3N2O4. The van der Waals surface area contributed by atoms with E-state index < -0.39 is 28.5 Å². The Balaban J connectivity index is 1.92. The summed E-state index contributed by atoms with van der Waals surface area (Å²) in [5.41, 5.74) is 0.195. The highest BCUT2D eigenvalue weighted by atomic mass is 19.4. The van der Waals surface area contributed by atoms with Crippen LogP contribution in [0.3, 0.4) is 0 Å². The number of halogens is 3. The topological polar surface area (TPSA) is 80.5 Å². The van der Waals surface area contributed by atoms with Crippen molar-refractivity contribution < 1.29 is 27.7 Å². The van der Waals surface area contributed by atoms with Gasteiger partial charge in [-0.1, -0.05) is 24.3 Å². The molecular weight excluding hydrogens is 425 g/mol. The van der Waals surface area contributed by atoms with E-state index in [2.05, 4.69) is 0 Å². The zero-order valence-corrected chi connectivity index (χ0v) is 17.1. The predicted molar refractivity (Wildman–Crippen MR) is 110 cm³/mol. The Kier molecular flexibility index (Phi) is 5.36. The number of alkyl halides is 3. The lowest BCUT2D eigenvalue weighted by Crippen LogP contribution is -2.41. The number of ketones is 1. The van der Waals surface area contributed by atoms with Crippen LogP contribution in [-0.4, -0.2) is 16.6 Å². The molecule has 2 aliphatic rings. The summed E-state index contributed by atoms with van der Waals surface area (Å²) in [7, 11) is 0. The van der Waals surface area contributed by atoms with Crippen molar-refractivity contribution in [2.24, 2.45) is 0 Å². The van der Waals surface area contributed by atoms with Crippen LogP contribution in [0.1, 0.15) is 48.3 Å². The molecule has 1 atom stereocenters. The molecule has 1 unspecified atom stereocenters. The minimum Gasteiger partial charge on any atom is -0.294 e. The number of carbonyl (C=O) groups is 2. The van der Waals surface area contributed by atoms with Crippen LogP contribution >= 0.6 is 0 Å². The van der Waals surface area contributed by atoms with Crippen molar-refractivity contribution >= 4 is 23.1 Å². The second-order valence-corrected chi connectivity index (χ2v) is 7.94. The van der Waals surface area contributed by atoms with Crippen LogP contribution in [0.15, 0.2) is 53.7 Å². The highest BCUT2D eigenvalue weighted by Crippen LogP contribution is 2.47. The molecule has 0 aromatic heterocycles. The fraction of sp³-hybridized carbons (Fsp3) is 0.304. The van der Waals surface area contributed by atoms with Gasteiger partial charge in [0.25, 0.3) is 5.69 Å². The lowest BCUT2D eigenvalue weighted by Gasteiger charge is -2.39. The molecule has 1 aliphatic heterocycles. The maximum atomic E-state index is 13.7. The van der Waals surface area contributed by atoms with E-state index in [4.69, 9.17) is 0 Å². The number of Topliss-reactive ketones (excluding diaryl/α,β-unsaturated/α-hetero) is 1. The van der Waals surface area contributed by atoms with E-state index in [1.807, 2.05) is 0 Å². The molecule has 0 saturated heterocycles. The summed E-state index contributed by atoms with van der Waals surface area (Å²) < 4.78 is 41.0. The van der Waals surface area contributed by atoms with Gasteiger partial charge in [0, 0.05) is 42.2 Å². The maximum absolute atomic E-state index is 13.7. The highest BCUT2D eigenvalue weighted by molar-refractivity contribution is 6.08. The number of amides is 1. The van der Waals surface area contributed by atoms with Gasteiger partial charge in [-0.05, 0) is 37.0 Å². The van der Waals surface area contributed by atoms with Crippen LogP contribution < -0.4 is 4.90 Å². The number of nitrogens with zero attached hydrogens (tertiary/aromatic N) is 2. The first-order valence-electron chi connectivity index (χ1n) is 10.1. The molecule has 0 saturated carbocycles. The molecule has 0 fully saturated rings. The van der Waals surface area contributed by atoms with Gasteiger partial charge in [-0.3, -0.25) is 24.6 Å². The third kappa shape index (κ3) is 3.68. The Morgan fingerprint density at radius 3 is 2.50 bits per heavy atom. The van der Waals surface area contributed by atoms with Gasteiger partial charge in [0.2, 0.25) is 5.91 Å². The first-order chi connectivity index (χ1) is 15.1. The van der Waals surface area contributed by atoms with E-state index in [1.165, 1.54) is 41.3 Å². The Hall–Kier alpha value is -3.49. The predicted octanol–water partition coefficient (Wildman–Crippen LogP) is 5.45. The molecule has 2 aromatic rings. The van der Waals surface area contributed by atoms with Crippen LogP contribution in [-0.2, 0) is 15.8 Å². The molecule has 32 heavy (non-hydrogen) atoms. The summed E-state index contributed by atoms with van der Waals surface area (Å²) >= 11 is 0. The normalized spacial score (nSPS) is 19.2. The van der Waals surface area contributed by atoms with Crippen molar-refractivity contribution in [2.45, 2.75) is 44.7 Å². The largest absolute Gasteiger partial charge is 0.416 e. The number of hydrogen-bond donors (Lipinski definition) is 0.